The minimum atomic E-state index is -1.51. The number of ether oxygens (including phenoxy) is 2. The van der Waals surface area contributed by atoms with Gasteiger partial charge < -0.3 is 29.9 Å². The van der Waals surface area contributed by atoms with Crippen molar-refractivity contribution < 1.29 is 34.3 Å². The summed E-state index contributed by atoms with van der Waals surface area (Å²) in [7, 11) is 0. The van der Waals surface area contributed by atoms with E-state index in [0.717, 1.165) is 5.56 Å². The molecule has 0 radical (unpaired) electrons. The molecule has 0 bridgehead atoms. The highest BCUT2D eigenvalue weighted by Crippen LogP contribution is 2.36. The fourth-order valence-corrected chi connectivity index (χ4v) is 3.80. The standard InChI is InChI=1S/C22H26ClFO6/c1-2-29-14-6-3-12(4-7-14)9-17(24)15-10-13(5-8-16(15)23)22-21(28)20(27)19(26)18(11-25)30-22/h3-8,10,17-22,25-28H,2,9,11H2,1H3/t17?,18-,19-,20+,21-,22+/m1/s1. The third kappa shape index (κ3) is 4.94. The van der Waals surface area contributed by atoms with E-state index in [-0.39, 0.29) is 17.0 Å². The maximum atomic E-state index is 15.1. The van der Waals surface area contributed by atoms with Crippen LogP contribution in [0.3, 0.4) is 0 Å². The van der Waals surface area contributed by atoms with Gasteiger partial charge >= 0.3 is 0 Å². The average Bonchev–Trinajstić information content (AvgIpc) is 2.74. The zero-order chi connectivity index (χ0) is 21.8. The van der Waals surface area contributed by atoms with Crippen LogP contribution >= 0.6 is 11.6 Å². The van der Waals surface area contributed by atoms with Crippen LogP contribution in [0, 0.1) is 0 Å². The molecule has 1 heterocycles. The number of benzene rings is 2. The lowest BCUT2D eigenvalue weighted by Gasteiger charge is -2.40. The Balaban J connectivity index is 1.80. The molecule has 0 amide bonds. The summed E-state index contributed by atoms with van der Waals surface area (Å²) in [5, 5.41) is 39.9. The van der Waals surface area contributed by atoms with Crippen LogP contribution in [0.4, 0.5) is 4.39 Å². The number of halogens is 2. The lowest BCUT2D eigenvalue weighted by molar-refractivity contribution is -0.231. The molecule has 6 atom stereocenters. The molecule has 0 aliphatic carbocycles. The van der Waals surface area contributed by atoms with Gasteiger partial charge in [0.25, 0.3) is 0 Å². The van der Waals surface area contributed by atoms with Crippen LogP contribution in [0.15, 0.2) is 42.5 Å². The molecule has 0 saturated carbocycles. The number of alkyl halides is 1. The molecule has 6 nitrogen and oxygen atoms in total. The Bertz CT molecular complexity index is 831. The summed E-state index contributed by atoms with van der Waals surface area (Å²) < 4.78 is 26.1. The third-order valence-electron chi connectivity index (χ3n) is 5.23. The monoisotopic (exact) mass is 440 g/mol. The predicted molar refractivity (Wildman–Crippen MR) is 109 cm³/mol. The molecule has 4 N–H and O–H groups in total. The smallest absolute Gasteiger partial charge is 0.131 e. The molecule has 1 unspecified atom stereocenters. The number of hydrogen-bond acceptors (Lipinski definition) is 6. The first-order chi connectivity index (χ1) is 14.3. The molecule has 1 aliphatic rings. The summed E-state index contributed by atoms with van der Waals surface area (Å²) in [6.07, 6.45) is -7.83. The van der Waals surface area contributed by atoms with Crippen LogP contribution in [0.1, 0.15) is 35.9 Å². The summed E-state index contributed by atoms with van der Waals surface area (Å²) in [6, 6.07) is 11.7. The molecule has 1 fully saturated rings. The number of aliphatic hydroxyl groups excluding tert-OH is 4. The fraction of sp³-hybridized carbons (Fsp3) is 0.455. The summed E-state index contributed by atoms with van der Waals surface area (Å²) >= 11 is 6.21. The van der Waals surface area contributed by atoms with Gasteiger partial charge in [-0.05, 0) is 42.3 Å². The van der Waals surface area contributed by atoms with E-state index < -0.39 is 43.3 Å². The number of rotatable bonds is 7. The molecule has 164 valence electrons. The molecule has 2 aromatic rings. The summed E-state index contributed by atoms with van der Waals surface area (Å²) in [6.45, 7) is 1.90. The second-order valence-electron chi connectivity index (χ2n) is 7.28. The van der Waals surface area contributed by atoms with E-state index >= 15 is 4.39 Å². The normalized spacial score (nSPS) is 27.6. The van der Waals surface area contributed by atoms with Crippen molar-refractivity contribution in [1.82, 2.24) is 0 Å². The van der Waals surface area contributed by atoms with E-state index in [1.54, 1.807) is 30.3 Å². The minimum absolute atomic E-state index is 0.0876. The van der Waals surface area contributed by atoms with Gasteiger partial charge in [-0.1, -0.05) is 29.8 Å². The van der Waals surface area contributed by atoms with Gasteiger partial charge in [0.05, 0.1) is 13.2 Å². The van der Waals surface area contributed by atoms with Gasteiger partial charge in [-0.2, -0.15) is 0 Å². The maximum absolute atomic E-state index is 15.1. The Morgan fingerprint density at radius 2 is 1.77 bits per heavy atom. The predicted octanol–water partition coefficient (Wildman–Crippen LogP) is 2.51. The molecule has 0 aromatic heterocycles. The van der Waals surface area contributed by atoms with Crippen LogP contribution in [0.5, 0.6) is 5.75 Å². The molecule has 2 aromatic carbocycles. The zero-order valence-corrected chi connectivity index (χ0v) is 17.2. The molecule has 3 rings (SSSR count). The first kappa shape index (κ1) is 22.9. The van der Waals surface area contributed by atoms with Crippen LogP contribution in [-0.2, 0) is 11.2 Å². The van der Waals surface area contributed by atoms with E-state index in [4.69, 9.17) is 21.1 Å². The van der Waals surface area contributed by atoms with Gasteiger partial charge in [-0.25, -0.2) is 4.39 Å². The quantitative estimate of drug-likeness (QED) is 0.528. The lowest BCUT2D eigenvalue weighted by Crippen LogP contribution is -2.55. The highest BCUT2D eigenvalue weighted by Gasteiger charge is 2.44. The number of aliphatic hydroxyl groups is 4. The second kappa shape index (κ2) is 10.0. The average molecular weight is 441 g/mol. The van der Waals surface area contributed by atoms with E-state index in [1.807, 2.05) is 6.92 Å². The summed E-state index contributed by atoms with van der Waals surface area (Å²) in [5.41, 5.74) is 1.38. The minimum Gasteiger partial charge on any atom is -0.494 e. The summed E-state index contributed by atoms with van der Waals surface area (Å²) in [4.78, 5) is 0. The SMILES string of the molecule is CCOc1ccc(CC(F)c2cc([C@@H]3O[C@H](CO)[C@@H](O)[C@H](O)[C@H]3O)ccc2Cl)cc1. The fourth-order valence-electron chi connectivity index (χ4n) is 3.56. The molecule has 30 heavy (non-hydrogen) atoms. The third-order valence-corrected chi connectivity index (χ3v) is 5.57. The van der Waals surface area contributed by atoms with Gasteiger partial charge in [-0.15, -0.1) is 0 Å². The van der Waals surface area contributed by atoms with Crippen LogP contribution in [0.25, 0.3) is 0 Å². The van der Waals surface area contributed by atoms with Crippen LogP contribution < -0.4 is 4.74 Å². The Morgan fingerprint density at radius 1 is 1.07 bits per heavy atom. The highest BCUT2D eigenvalue weighted by molar-refractivity contribution is 6.31. The second-order valence-corrected chi connectivity index (χ2v) is 7.69. The van der Waals surface area contributed by atoms with E-state index in [1.165, 1.54) is 12.1 Å². The van der Waals surface area contributed by atoms with Crippen molar-refractivity contribution in [3.05, 3.63) is 64.2 Å². The van der Waals surface area contributed by atoms with Gasteiger partial charge in [0.15, 0.2) is 0 Å². The first-order valence-corrected chi connectivity index (χ1v) is 10.2. The first-order valence-electron chi connectivity index (χ1n) is 9.81. The topological polar surface area (TPSA) is 99.4 Å². The lowest BCUT2D eigenvalue weighted by atomic mass is 9.90. The van der Waals surface area contributed by atoms with E-state index in [9.17, 15) is 20.4 Å². The number of hydrogen-bond donors (Lipinski definition) is 4. The van der Waals surface area contributed by atoms with Gasteiger partial charge in [0, 0.05) is 17.0 Å². The Kier molecular flexibility index (Phi) is 7.68. The molecular weight excluding hydrogens is 415 g/mol. The van der Waals surface area contributed by atoms with Crippen LogP contribution in [0.2, 0.25) is 5.02 Å². The Labute approximate surface area is 179 Å². The Hall–Kier alpha value is -1.74. The maximum Gasteiger partial charge on any atom is 0.131 e. The molecular formula is C22H26ClFO6. The van der Waals surface area contributed by atoms with Crippen molar-refractivity contribution in [2.24, 2.45) is 0 Å². The zero-order valence-electron chi connectivity index (χ0n) is 16.5. The summed E-state index contributed by atoms with van der Waals surface area (Å²) in [5.74, 6) is 0.708. The molecule has 1 saturated heterocycles. The molecule has 0 spiro atoms. The largest absolute Gasteiger partial charge is 0.494 e. The van der Waals surface area contributed by atoms with Gasteiger partial charge in [0.1, 0.15) is 42.4 Å². The molecule has 1 aliphatic heterocycles. The van der Waals surface area contributed by atoms with Crippen LogP contribution in [-0.4, -0.2) is 58.1 Å². The van der Waals surface area contributed by atoms with Crippen molar-refractivity contribution in [3.63, 3.8) is 0 Å². The highest BCUT2D eigenvalue weighted by atomic mass is 35.5. The van der Waals surface area contributed by atoms with Crippen molar-refractivity contribution in [2.45, 2.75) is 50.0 Å². The van der Waals surface area contributed by atoms with Crippen molar-refractivity contribution in [2.75, 3.05) is 13.2 Å². The van der Waals surface area contributed by atoms with E-state index in [0.29, 0.717) is 17.9 Å². The van der Waals surface area contributed by atoms with Crippen molar-refractivity contribution in [1.29, 1.82) is 0 Å². The van der Waals surface area contributed by atoms with Crippen molar-refractivity contribution in [3.8, 4) is 5.75 Å². The molecule has 8 heteroatoms. The van der Waals surface area contributed by atoms with Gasteiger partial charge in [0.2, 0.25) is 0 Å². The van der Waals surface area contributed by atoms with Crippen molar-refractivity contribution >= 4 is 11.6 Å². The van der Waals surface area contributed by atoms with E-state index in [2.05, 4.69) is 0 Å². The van der Waals surface area contributed by atoms with Gasteiger partial charge in [-0.3, -0.25) is 0 Å². The Morgan fingerprint density at radius 3 is 2.40 bits per heavy atom.